The number of rotatable bonds is 3. The Morgan fingerprint density at radius 2 is 1.91 bits per heavy atom. The molecule has 6 nitrogen and oxygen atoms in total. The molecule has 3 aromatic rings. The van der Waals surface area contributed by atoms with Crippen LogP contribution in [0.1, 0.15) is 21.7 Å². The topological polar surface area (TPSA) is 72.7 Å². The maximum Gasteiger partial charge on any atom is 0.255 e. The fourth-order valence-electron chi connectivity index (χ4n) is 2.15. The van der Waals surface area contributed by atoms with Gasteiger partial charge in [0.15, 0.2) is 5.82 Å². The summed E-state index contributed by atoms with van der Waals surface area (Å²) in [6.45, 7) is 3.91. The van der Waals surface area contributed by atoms with E-state index in [1.54, 1.807) is 41.5 Å². The maximum absolute atomic E-state index is 12.0. The second-order valence-electron chi connectivity index (χ2n) is 4.93. The lowest BCUT2D eigenvalue weighted by Gasteiger charge is -2.07. The summed E-state index contributed by atoms with van der Waals surface area (Å²) in [6.07, 6.45) is 4.78. The van der Waals surface area contributed by atoms with Gasteiger partial charge in [-0.3, -0.25) is 9.78 Å². The Morgan fingerprint density at radius 1 is 1.14 bits per heavy atom. The van der Waals surface area contributed by atoms with Gasteiger partial charge in [0.2, 0.25) is 0 Å². The van der Waals surface area contributed by atoms with Crippen LogP contribution in [0.5, 0.6) is 0 Å². The van der Waals surface area contributed by atoms with Crippen molar-refractivity contribution >= 4 is 11.6 Å². The normalized spacial score (nSPS) is 10.5. The van der Waals surface area contributed by atoms with Crippen molar-refractivity contribution < 1.29 is 4.79 Å². The number of hydrogen-bond acceptors (Lipinski definition) is 4. The second kappa shape index (κ2) is 5.77. The molecule has 3 rings (SSSR count). The van der Waals surface area contributed by atoms with E-state index >= 15 is 0 Å². The number of hydrogen-bond donors (Lipinski definition) is 1. The highest BCUT2D eigenvalue weighted by Gasteiger charge is 2.07. The van der Waals surface area contributed by atoms with Gasteiger partial charge in [-0.1, -0.05) is 0 Å². The molecular formula is C16H15N5O. The van der Waals surface area contributed by atoms with Gasteiger partial charge >= 0.3 is 0 Å². The lowest BCUT2D eigenvalue weighted by Crippen LogP contribution is -2.12. The van der Waals surface area contributed by atoms with Crippen LogP contribution >= 0.6 is 0 Å². The summed E-state index contributed by atoms with van der Waals surface area (Å²) in [5.74, 6) is 0.524. The molecule has 0 saturated carbocycles. The highest BCUT2D eigenvalue weighted by atomic mass is 16.1. The highest BCUT2D eigenvalue weighted by molar-refractivity contribution is 6.04. The molecule has 0 aliphatic heterocycles. The average molecular weight is 293 g/mol. The third kappa shape index (κ3) is 2.85. The number of nitrogens with one attached hydrogen (secondary N) is 1. The smallest absolute Gasteiger partial charge is 0.255 e. The van der Waals surface area contributed by atoms with Gasteiger partial charge in [0.1, 0.15) is 0 Å². The summed E-state index contributed by atoms with van der Waals surface area (Å²) in [6, 6.07) is 8.93. The van der Waals surface area contributed by atoms with E-state index in [0.29, 0.717) is 17.1 Å². The van der Waals surface area contributed by atoms with Gasteiger partial charge in [-0.15, -0.1) is 0 Å². The summed E-state index contributed by atoms with van der Waals surface area (Å²) < 4.78 is 1.77. The van der Waals surface area contributed by atoms with E-state index in [1.807, 2.05) is 26.0 Å². The fraction of sp³-hybridized carbons (Fsp3) is 0.125. The molecule has 0 unspecified atom stereocenters. The Kier molecular flexibility index (Phi) is 3.65. The van der Waals surface area contributed by atoms with Crippen LogP contribution in [-0.2, 0) is 0 Å². The van der Waals surface area contributed by atoms with Crippen molar-refractivity contribution in [3.05, 3.63) is 65.9 Å². The molecule has 3 heterocycles. The summed E-state index contributed by atoms with van der Waals surface area (Å²) in [5.41, 5.74) is 3.14. The molecule has 6 heteroatoms. The van der Waals surface area contributed by atoms with Gasteiger partial charge in [-0.25, -0.2) is 9.67 Å². The van der Waals surface area contributed by atoms with Gasteiger partial charge in [0.05, 0.1) is 17.6 Å². The molecule has 0 spiro atoms. The highest BCUT2D eigenvalue weighted by Crippen LogP contribution is 2.13. The molecule has 22 heavy (non-hydrogen) atoms. The Labute approximate surface area is 127 Å². The van der Waals surface area contributed by atoms with Crippen LogP contribution in [0.15, 0.2) is 48.9 Å². The minimum Gasteiger partial charge on any atom is -0.321 e. The predicted octanol–water partition coefficient (Wildman–Crippen LogP) is 2.53. The molecular weight excluding hydrogens is 278 g/mol. The van der Waals surface area contributed by atoms with E-state index in [2.05, 4.69) is 20.4 Å². The molecule has 0 bridgehead atoms. The zero-order valence-electron chi connectivity index (χ0n) is 12.3. The number of carbonyl (C=O) groups is 1. The van der Waals surface area contributed by atoms with Crippen molar-refractivity contribution in [2.24, 2.45) is 0 Å². The van der Waals surface area contributed by atoms with E-state index in [0.717, 1.165) is 11.4 Å². The van der Waals surface area contributed by atoms with E-state index in [-0.39, 0.29) is 5.91 Å². The Morgan fingerprint density at radius 3 is 2.50 bits per heavy atom. The first-order valence-electron chi connectivity index (χ1n) is 6.84. The van der Waals surface area contributed by atoms with Crippen LogP contribution in [0, 0.1) is 13.8 Å². The van der Waals surface area contributed by atoms with Crippen LogP contribution in [0.4, 0.5) is 5.69 Å². The lowest BCUT2D eigenvalue weighted by atomic mass is 10.2. The van der Waals surface area contributed by atoms with Crippen molar-refractivity contribution in [2.45, 2.75) is 13.8 Å². The lowest BCUT2D eigenvalue weighted by molar-refractivity contribution is 0.102. The average Bonchev–Trinajstić information content (AvgIpc) is 2.87. The maximum atomic E-state index is 12.0. The minimum atomic E-state index is -0.192. The number of amides is 1. The SMILES string of the molecule is Cc1cc(C)n(-c2ccc(NC(=O)c3ccncc3)cn2)n1. The first kappa shape index (κ1) is 13.9. The molecule has 0 fully saturated rings. The molecule has 3 aromatic heterocycles. The molecule has 1 amide bonds. The molecule has 0 aliphatic rings. The molecule has 0 radical (unpaired) electrons. The Balaban J connectivity index is 1.77. The van der Waals surface area contributed by atoms with Crippen molar-refractivity contribution in [2.75, 3.05) is 5.32 Å². The number of anilines is 1. The van der Waals surface area contributed by atoms with Crippen LogP contribution in [-0.4, -0.2) is 25.7 Å². The van der Waals surface area contributed by atoms with Gasteiger partial charge < -0.3 is 5.32 Å². The van der Waals surface area contributed by atoms with E-state index in [1.165, 1.54) is 0 Å². The molecule has 0 saturated heterocycles. The fourth-order valence-corrected chi connectivity index (χ4v) is 2.15. The largest absolute Gasteiger partial charge is 0.321 e. The van der Waals surface area contributed by atoms with Crippen LogP contribution in [0.3, 0.4) is 0 Å². The predicted molar refractivity (Wildman–Crippen MR) is 83.0 cm³/mol. The van der Waals surface area contributed by atoms with Gasteiger partial charge in [0, 0.05) is 23.7 Å². The number of aryl methyl sites for hydroxylation is 2. The van der Waals surface area contributed by atoms with Crippen LogP contribution < -0.4 is 5.32 Å². The number of pyridine rings is 2. The van der Waals surface area contributed by atoms with Crippen LogP contribution in [0.2, 0.25) is 0 Å². The van der Waals surface area contributed by atoms with Gasteiger partial charge in [0.25, 0.3) is 5.91 Å². The summed E-state index contributed by atoms with van der Waals surface area (Å²) in [7, 11) is 0. The monoisotopic (exact) mass is 293 g/mol. The zero-order chi connectivity index (χ0) is 15.5. The standard InChI is InChI=1S/C16H15N5O/c1-11-9-12(2)21(20-11)15-4-3-14(10-18-15)19-16(22)13-5-7-17-8-6-13/h3-10H,1-2H3,(H,19,22). The summed E-state index contributed by atoms with van der Waals surface area (Å²) in [4.78, 5) is 20.3. The Hall–Kier alpha value is -3.02. The third-order valence-corrected chi connectivity index (χ3v) is 3.17. The molecule has 1 N–H and O–H groups in total. The molecule has 0 aliphatic carbocycles. The van der Waals surface area contributed by atoms with E-state index < -0.39 is 0 Å². The summed E-state index contributed by atoms with van der Waals surface area (Å²) >= 11 is 0. The molecule has 0 atom stereocenters. The zero-order valence-corrected chi connectivity index (χ0v) is 12.3. The summed E-state index contributed by atoms with van der Waals surface area (Å²) in [5, 5.41) is 7.18. The number of nitrogens with zero attached hydrogens (tertiary/aromatic N) is 4. The first-order chi connectivity index (χ1) is 10.6. The van der Waals surface area contributed by atoms with Crippen LogP contribution in [0.25, 0.3) is 5.82 Å². The van der Waals surface area contributed by atoms with Gasteiger partial charge in [-0.2, -0.15) is 5.10 Å². The minimum absolute atomic E-state index is 0.192. The van der Waals surface area contributed by atoms with Gasteiger partial charge in [-0.05, 0) is 44.2 Å². The number of aromatic nitrogens is 4. The second-order valence-corrected chi connectivity index (χ2v) is 4.93. The van der Waals surface area contributed by atoms with Crippen molar-refractivity contribution in [3.8, 4) is 5.82 Å². The first-order valence-corrected chi connectivity index (χ1v) is 6.84. The molecule has 110 valence electrons. The van der Waals surface area contributed by atoms with Crippen molar-refractivity contribution in [3.63, 3.8) is 0 Å². The van der Waals surface area contributed by atoms with Crippen molar-refractivity contribution in [1.29, 1.82) is 0 Å². The van der Waals surface area contributed by atoms with E-state index in [9.17, 15) is 4.79 Å². The Bertz CT molecular complexity index is 793. The number of carbonyl (C=O) groups excluding carboxylic acids is 1. The van der Waals surface area contributed by atoms with E-state index in [4.69, 9.17) is 0 Å². The quantitative estimate of drug-likeness (QED) is 0.805. The van der Waals surface area contributed by atoms with Crippen molar-refractivity contribution in [1.82, 2.24) is 19.7 Å². The third-order valence-electron chi connectivity index (χ3n) is 3.17. The molecule has 0 aromatic carbocycles.